The molecule has 2 aliphatic rings. The lowest BCUT2D eigenvalue weighted by Crippen LogP contribution is -2.58. The van der Waals surface area contributed by atoms with E-state index in [1.165, 1.54) is 31.3 Å². The maximum absolute atomic E-state index is 12.1. The van der Waals surface area contributed by atoms with Gasteiger partial charge in [-0.05, 0) is 51.4 Å². The second-order valence-corrected chi connectivity index (χ2v) is 7.71. The molecule has 0 bridgehead atoms. The Morgan fingerprint density at radius 3 is 2.55 bits per heavy atom. The smallest absolute Gasteiger partial charge is 0.361 e. The SMILES string of the molecule is CCOC(=O)C[N+]1(CC2C(C)C=C(C)CC2C)CCCCC1. The molecule has 0 aromatic rings. The lowest BCUT2D eigenvalue weighted by molar-refractivity contribution is -0.929. The molecule has 3 heteroatoms. The molecule has 0 N–H and O–H groups in total. The van der Waals surface area contributed by atoms with Gasteiger partial charge in [0.1, 0.15) is 0 Å². The maximum Gasteiger partial charge on any atom is 0.361 e. The fraction of sp³-hybridized carbons (Fsp3) is 0.842. The summed E-state index contributed by atoms with van der Waals surface area (Å²) in [6.07, 6.45) is 7.50. The van der Waals surface area contributed by atoms with E-state index in [4.69, 9.17) is 4.74 Å². The van der Waals surface area contributed by atoms with E-state index < -0.39 is 0 Å². The Hall–Kier alpha value is -0.830. The Bertz CT molecular complexity index is 410. The van der Waals surface area contributed by atoms with Gasteiger partial charge in [-0.3, -0.25) is 0 Å². The number of hydrogen-bond donors (Lipinski definition) is 0. The van der Waals surface area contributed by atoms with Crippen molar-refractivity contribution in [3.8, 4) is 0 Å². The quantitative estimate of drug-likeness (QED) is 0.439. The Morgan fingerprint density at radius 1 is 1.27 bits per heavy atom. The highest BCUT2D eigenvalue weighted by Crippen LogP contribution is 2.36. The first-order chi connectivity index (χ1) is 10.5. The number of esters is 1. The second-order valence-electron chi connectivity index (χ2n) is 7.71. The zero-order chi connectivity index (χ0) is 16.2. The molecule has 1 aliphatic heterocycles. The number of rotatable bonds is 5. The molecule has 0 aromatic heterocycles. The third kappa shape index (κ3) is 4.34. The first-order valence-electron chi connectivity index (χ1n) is 9.14. The van der Waals surface area contributed by atoms with Crippen LogP contribution in [0.1, 0.15) is 53.4 Å². The minimum absolute atomic E-state index is 0.00719. The lowest BCUT2D eigenvalue weighted by Gasteiger charge is -2.46. The van der Waals surface area contributed by atoms with Crippen LogP contribution >= 0.6 is 0 Å². The van der Waals surface area contributed by atoms with E-state index in [1.54, 1.807) is 0 Å². The van der Waals surface area contributed by atoms with Crippen molar-refractivity contribution in [2.45, 2.75) is 53.4 Å². The molecular formula is C19H34NO2+. The van der Waals surface area contributed by atoms with Crippen molar-refractivity contribution in [1.29, 1.82) is 0 Å². The van der Waals surface area contributed by atoms with E-state index in [1.807, 2.05) is 6.92 Å². The number of nitrogens with zero attached hydrogens (tertiary/aromatic N) is 1. The summed E-state index contributed by atoms with van der Waals surface area (Å²) in [4.78, 5) is 12.1. The van der Waals surface area contributed by atoms with Crippen LogP contribution in [0.25, 0.3) is 0 Å². The topological polar surface area (TPSA) is 26.3 Å². The van der Waals surface area contributed by atoms with Crippen molar-refractivity contribution in [2.24, 2.45) is 17.8 Å². The van der Waals surface area contributed by atoms with Gasteiger partial charge in [-0.15, -0.1) is 0 Å². The van der Waals surface area contributed by atoms with Crippen LogP contribution in [0.15, 0.2) is 11.6 Å². The molecule has 3 unspecified atom stereocenters. The van der Waals surface area contributed by atoms with Gasteiger partial charge in [-0.2, -0.15) is 0 Å². The minimum Gasteiger partial charge on any atom is -0.462 e. The van der Waals surface area contributed by atoms with Crippen molar-refractivity contribution in [3.63, 3.8) is 0 Å². The molecule has 0 radical (unpaired) electrons. The Morgan fingerprint density at radius 2 is 1.95 bits per heavy atom. The highest BCUT2D eigenvalue weighted by atomic mass is 16.5. The largest absolute Gasteiger partial charge is 0.462 e. The molecule has 0 spiro atoms. The molecule has 2 rings (SSSR count). The minimum atomic E-state index is -0.00719. The maximum atomic E-state index is 12.1. The number of allylic oxidation sites excluding steroid dienone is 2. The predicted octanol–water partition coefficient (Wildman–Crippen LogP) is 3.79. The molecule has 1 heterocycles. The summed E-state index contributed by atoms with van der Waals surface area (Å²) in [5.74, 6) is 2.03. The fourth-order valence-electron chi connectivity index (χ4n) is 4.68. The zero-order valence-corrected chi connectivity index (χ0v) is 14.9. The molecule has 0 saturated carbocycles. The number of piperidine rings is 1. The van der Waals surface area contributed by atoms with E-state index in [0.29, 0.717) is 25.0 Å². The number of likely N-dealkylation sites (tertiary alicyclic amines) is 1. The van der Waals surface area contributed by atoms with Crippen molar-refractivity contribution < 1.29 is 14.0 Å². The van der Waals surface area contributed by atoms with E-state index in [9.17, 15) is 4.79 Å². The summed E-state index contributed by atoms with van der Waals surface area (Å²) in [5.41, 5.74) is 1.53. The van der Waals surface area contributed by atoms with Gasteiger partial charge in [-0.25, -0.2) is 4.79 Å². The van der Waals surface area contributed by atoms with E-state index in [2.05, 4.69) is 26.8 Å². The van der Waals surface area contributed by atoms with E-state index in [-0.39, 0.29) is 5.97 Å². The Labute approximate surface area is 136 Å². The number of carbonyl (C=O) groups is 1. The molecule has 0 aromatic carbocycles. The van der Waals surface area contributed by atoms with Crippen molar-refractivity contribution in [1.82, 2.24) is 0 Å². The van der Waals surface area contributed by atoms with Crippen LogP contribution in [0.3, 0.4) is 0 Å². The molecule has 126 valence electrons. The van der Waals surface area contributed by atoms with E-state index >= 15 is 0 Å². The van der Waals surface area contributed by atoms with Gasteiger partial charge in [0, 0.05) is 5.92 Å². The molecule has 3 nitrogen and oxygen atoms in total. The molecule has 0 amide bonds. The van der Waals surface area contributed by atoms with Crippen molar-refractivity contribution >= 4 is 5.97 Å². The van der Waals surface area contributed by atoms with Gasteiger partial charge in [0.25, 0.3) is 0 Å². The summed E-state index contributed by atoms with van der Waals surface area (Å²) in [6, 6.07) is 0. The fourth-order valence-corrected chi connectivity index (χ4v) is 4.68. The third-order valence-electron chi connectivity index (χ3n) is 5.73. The van der Waals surface area contributed by atoms with Gasteiger partial charge in [-0.1, -0.05) is 25.5 Å². The van der Waals surface area contributed by atoms with Gasteiger partial charge in [0.15, 0.2) is 6.54 Å². The summed E-state index contributed by atoms with van der Waals surface area (Å²) in [5, 5.41) is 0. The zero-order valence-electron chi connectivity index (χ0n) is 14.9. The molecule has 1 fully saturated rings. The van der Waals surface area contributed by atoms with Crippen LogP contribution < -0.4 is 0 Å². The average molecular weight is 308 g/mol. The first-order valence-corrected chi connectivity index (χ1v) is 9.14. The summed E-state index contributed by atoms with van der Waals surface area (Å²) in [7, 11) is 0. The summed E-state index contributed by atoms with van der Waals surface area (Å²) >= 11 is 0. The molecule has 1 saturated heterocycles. The summed E-state index contributed by atoms with van der Waals surface area (Å²) in [6.45, 7) is 13.4. The lowest BCUT2D eigenvalue weighted by atomic mass is 9.74. The second kappa shape index (κ2) is 7.63. The van der Waals surface area contributed by atoms with Gasteiger partial charge >= 0.3 is 5.97 Å². The van der Waals surface area contributed by atoms with Crippen molar-refractivity contribution in [3.05, 3.63) is 11.6 Å². The van der Waals surface area contributed by atoms with Crippen LogP contribution in [0.2, 0.25) is 0 Å². The Kier molecular flexibility index (Phi) is 6.08. The molecular weight excluding hydrogens is 274 g/mol. The van der Waals surface area contributed by atoms with Crippen LogP contribution in [0.4, 0.5) is 0 Å². The molecule has 22 heavy (non-hydrogen) atoms. The number of quaternary nitrogens is 1. The predicted molar refractivity (Wildman–Crippen MR) is 90.4 cm³/mol. The van der Waals surface area contributed by atoms with Crippen LogP contribution in [-0.2, 0) is 9.53 Å². The summed E-state index contributed by atoms with van der Waals surface area (Å²) < 4.78 is 6.23. The van der Waals surface area contributed by atoms with E-state index in [0.717, 1.165) is 30.0 Å². The number of hydrogen-bond acceptors (Lipinski definition) is 2. The highest BCUT2D eigenvalue weighted by Gasteiger charge is 2.39. The van der Waals surface area contributed by atoms with Crippen LogP contribution in [0, 0.1) is 17.8 Å². The number of carbonyl (C=O) groups excluding carboxylic acids is 1. The monoisotopic (exact) mass is 308 g/mol. The first kappa shape index (κ1) is 17.5. The van der Waals surface area contributed by atoms with Gasteiger partial charge in [0.05, 0.1) is 26.2 Å². The van der Waals surface area contributed by atoms with Crippen LogP contribution in [-0.4, -0.2) is 43.2 Å². The standard InChI is InChI=1S/C19H34NO2/c1-5-22-19(21)14-20(9-7-6-8-10-20)13-18-16(3)11-15(2)12-17(18)4/h11,16-18H,5-10,12-14H2,1-4H3/q+1. The molecule has 1 aliphatic carbocycles. The van der Waals surface area contributed by atoms with Crippen LogP contribution in [0.5, 0.6) is 0 Å². The highest BCUT2D eigenvalue weighted by molar-refractivity contribution is 5.70. The van der Waals surface area contributed by atoms with Gasteiger partial charge < -0.3 is 9.22 Å². The normalized spacial score (nSPS) is 31.5. The average Bonchev–Trinajstić information content (AvgIpc) is 2.44. The van der Waals surface area contributed by atoms with Gasteiger partial charge in [0.2, 0.25) is 0 Å². The number of ether oxygens (including phenoxy) is 1. The molecule has 3 atom stereocenters. The Balaban J connectivity index is 2.10. The van der Waals surface area contributed by atoms with Crippen molar-refractivity contribution in [2.75, 3.05) is 32.8 Å². The third-order valence-corrected chi connectivity index (χ3v) is 5.73.